The fraction of sp³-hybridized carbons (Fsp3) is 0.400. The summed E-state index contributed by atoms with van der Waals surface area (Å²) in [4.78, 5) is 11.2. The maximum absolute atomic E-state index is 11.2. The molecule has 0 saturated heterocycles. The SMILES string of the molecule is C=C(C=O)C([Si](C)(C)C)[Si](C)(C)c1ccccc1. The summed E-state index contributed by atoms with van der Waals surface area (Å²) in [6.07, 6.45) is 0.973. The Morgan fingerprint density at radius 2 is 1.61 bits per heavy atom. The molecule has 18 heavy (non-hydrogen) atoms. The van der Waals surface area contributed by atoms with E-state index < -0.39 is 16.1 Å². The van der Waals surface area contributed by atoms with Gasteiger partial charge in [0.15, 0.2) is 0 Å². The van der Waals surface area contributed by atoms with Gasteiger partial charge in [-0.2, -0.15) is 0 Å². The predicted molar refractivity (Wildman–Crippen MR) is 85.9 cm³/mol. The van der Waals surface area contributed by atoms with Gasteiger partial charge in [0.1, 0.15) is 6.29 Å². The van der Waals surface area contributed by atoms with Crippen LogP contribution in [-0.4, -0.2) is 22.4 Å². The first kappa shape index (κ1) is 15.1. The van der Waals surface area contributed by atoms with Gasteiger partial charge in [-0.1, -0.05) is 74.8 Å². The average Bonchev–Trinajstić information content (AvgIpc) is 2.28. The molecule has 0 spiro atoms. The van der Waals surface area contributed by atoms with Crippen LogP contribution in [0, 0.1) is 0 Å². The summed E-state index contributed by atoms with van der Waals surface area (Å²) >= 11 is 0. The van der Waals surface area contributed by atoms with Gasteiger partial charge in [-0.15, -0.1) is 0 Å². The van der Waals surface area contributed by atoms with Crippen molar-refractivity contribution in [1.82, 2.24) is 0 Å². The van der Waals surface area contributed by atoms with E-state index in [4.69, 9.17) is 0 Å². The van der Waals surface area contributed by atoms with Crippen LogP contribution >= 0.6 is 0 Å². The molecular weight excluding hydrogens is 252 g/mol. The van der Waals surface area contributed by atoms with Crippen molar-refractivity contribution in [2.24, 2.45) is 0 Å². The smallest absolute Gasteiger partial charge is 0.145 e. The molecule has 3 heteroatoms. The number of benzene rings is 1. The Kier molecular flexibility index (Phi) is 4.51. The third-order valence-corrected chi connectivity index (χ3v) is 14.1. The minimum atomic E-state index is -1.70. The lowest BCUT2D eigenvalue weighted by molar-refractivity contribution is -0.104. The van der Waals surface area contributed by atoms with E-state index >= 15 is 0 Å². The molecule has 0 saturated carbocycles. The molecular formula is C15H24OSi2. The number of aldehydes is 1. The molecule has 1 nitrogen and oxygen atoms in total. The van der Waals surface area contributed by atoms with Crippen molar-refractivity contribution < 1.29 is 4.79 Å². The summed E-state index contributed by atoms with van der Waals surface area (Å²) in [5, 5.41) is 1.81. The highest BCUT2D eigenvalue weighted by atomic mass is 28.4. The molecule has 1 unspecified atom stereocenters. The van der Waals surface area contributed by atoms with Crippen LogP contribution in [0.4, 0.5) is 0 Å². The van der Waals surface area contributed by atoms with E-state index in [0.717, 1.165) is 11.9 Å². The van der Waals surface area contributed by atoms with E-state index in [1.54, 1.807) is 0 Å². The zero-order valence-electron chi connectivity index (χ0n) is 12.2. The fourth-order valence-corrected chi connectivity index (χ4v) is 15.9. The van der Waals surface area contributed by atoms with Gasteiger partial charge >= 0.3 is 0 Å². The van der Waals surface area contributed by atoms with Crippen molar-refractivity contribution >= 4 is 27.6 Å². The lowest BCUT2D eigenvalue weighted by Gasteiger charge is -2.41. The number of allylic oxidation sites excluding steroid dienone is 1. The maximum Gasteiger partial charge on any atom is 0.145 e. The molecule has 1 atom stereocenters. The molecule has 0 aromatic heterocycles. The van der Waals surface area contributed by atoms with Gasteiger partial charge in [0.2, 0.25) is 0 Å². The molecule has 98 valence electrons. The largest absolute Gasteiger partial charge is 0.298 e. The molecule has 0 aliphatic rings. The second-order valence-electron chi connectivity index (χ2n) is 6.58. The Morgan fingerprint density at radius 1 is 1.11 bits per heavy atom. The van der Waals surface area contributed by atoms with E-state index in [0.29, 0.717) is 5.16 Å². The van der Waals surface area contributed by atoms with Crippen LogP contribution in [-0.2, 0) is 4.79 Å². The van der Waals surface area contributed by atoms with E-state index in [1.165, 1.54) is 5.19 Å². The van der Waals surface area contributed by atoms with Crippen LogP contribution in [0.5, 0.6) is 0 Å². The van der Waals surface area contributed by atoms with Crippen molar-refractivity contribution in [3.8, 4) is 0 Å². The molecule has 0 heterocycles. The van der Waals surface area contributed by atoms with Crippen molar-refractivity contribution in [3.05, 3.63) is 42.5 Å². The molecule has 0 aliphatic heterocycles. The van der Waals surface area contributed by atoms with Gasteiger partial charge in [-0.3, -0.25) is 4.79 Å². The van der Waals surface area contributed by atoms with Gasteiger partial charge in [0.05, 0.1) is 8.07 Å². The predicted octanol–water partition coefficient (Wildman–Crippen LogP) is 3.60. The Morgan fingerprint density at radius 3 is 2.00 bits per heavy atom. The third-order valence-electron chi connectivity index (χ3n) is 3.63. The van der Waals surface area contributed by atoms with Crippen LogP contribution in [0.1, 0.15) is 0 Å². The summed E-state index contributed by atoms with van der Waals surface area (Å²) in [7, 11) is -3.16. The lowest BCUT2D eigenvalue weighted by Crippen LogP contribution is -2.54. The quantitative estimate of drug-likeness (QED) is 0.456. The highest BCUT2D eigenvalue weighted by Crippen LogP contribution is 2.36. The molecule has 0 N–H and O–H groups in total. The second kappa shape index (κ2) is 5.37. The molecule has 1 aromatic carbocycles. The van der Waals surface area contributed by atoms with Crippen molar-refractivity contribution in [3.63, 3.8) is 0 Å². The Hall–Kier alpha value is -0.936. The number of hydrogen-bond donors (Lipinski definition) is 0. The molecule has 0 aliphatic carbocycles. The van der Waals surface area contributed by atoms with Crippen molar-refractivity contribution in [2.75, 3.05) is 0 Å². The van der Waals surface area contributed by atoms with Gasteiger partial charge in [-0.25, -0.2) is 0 Å². The first-order valence-corrected chi connectivity index (χ1v) is 13.1. The standard InChI is InChI=1S/C15H24OSi2/c1-13(12-16)15(17(2,3)4)18(5,6)14-10-8-7-9-11-14/h7-12,15H,1H2,2-6H3. The summed E-state index contributed by atoms with van der Waals surface area (Å²) in [5.74, 6) is 0. The van der Waals surface area contributed by atoms with Crippen LogP contribution < -0.4 is 5.19 Å². The minimum Gasteiger partial charge on any atom is -0.298 e. The highest BCUT2D eigenvalue weighted by molar-refractivity contribution is 7.04. The van der Waals surface area contributed by atoms with Crippen molar-refractivity contribution in [1.29, 1.82) is 0 Å². The molecule has 0 amide bonds. The lowest BCUT2D eigenvalue weighted by atomic mass is 10.4. The van der Waals surface area contributed by atoms with Crippen LogP contribution in [0.3, 0.4) is 0 Å². The van der Waals surface area contributed by atoms with E-state index in [9.17, 15) is 4.79 Å². The maximum atomic E-state index is 11.2. The zero-order valence-corrected chi connectivity index (χ0v) is 14.2. The number of carbonyl (C=O) groups is 1. The topological polar surface area (TPSA) is 17.1 Å². The Balaban J connectivity index is 3.29. The minimum absolute atomic E-state index is 0.393. The fourth-order valence-electron chi connectivity index (χ4n) is 3.20. The monoisotopic (exact) mass is 276 g/mol. The van der Waals surface area contributed by atoms with E-state index in [2.05, 4.69) is 63.6 Å². The Bertz CT molecular complexity index is 430. The normalized spacial score (nSPS) is 14.1. The average molecular weight is 277 g/mol. The zero-order chi connectivity index (χ0) is 14.0. The number of carbonyl (C=O) groups excluding carboxylic acids is 1. The first-order valence-electron chi connectivity index (χ1n) is 6.40. The molecule has 1 rings (SSSR count). The van der Waals surface area contributed by atoms with E-state index in [-0.39, 0.29) is 0 Å². The summed E-state index contributed by atoms with van der Waals surface area (Å²) < 4.78 is 0. The van der Waals surface area contributed by atoms with Gasteiger partial charge in [0.25, 0.3) is 0 Å². The van der Waals surface area contributed by atoms with Crippen molar-refractivity contribution in [2.45, 2.75) is 37.9 Å². The summed E-state index contributed by atoms with van der Waals surface area (Å²) in [5.41, 5.74) is 0.801. The number of hydrogen-bond acceptors (Lipinski definition) is 1. The number of rotatable bonds is 5. The second-order valence-corrected chi connectivity index (χ2v) is 17.1. The highest BCUT2D eigenvalue weighted by Gasteiger charge is 2.43. The van der Waals surface area contributed by atoms with Gasteiger partial charge in [-0.05, 0) is 10.7 Å². The molecule has 1 aromatic rings. The van der Waals surface area contributed by atoms with Crippen LogP contribution in [0.15, 0.2) is 42.5 Å². The summed E-state index contributed by atoms with van der Waals surface area (Å²) in [6.45, 7) is 15.8. The van der Waals surface area contributed by atoms with Crippen LogP contribution in [0.2, 0.25) is 37.9 Å². The summed E-state index contributed by atoms with van der Waals surface area (Å²) in [6, 6.07) is 10.6. The molecule has 0 fully saturated rings. The molecule has 0 radical (unpaired) electrons. The third kappa shape index (κ3) is 3.09. The van der Waals surface area contributed by atoms with Gasteiger partial charge < -0.3 is 0 Å². The Labute approximate surface area is 113 Å². The van der Waals surface area contributed by atoms with Crippen LogP contribution in [0.25, 0.3) is 0 Å². The van der Waals surface area contributed by atoms with E-state index in [1.807, 2.05) is 6.07 Å². The molecule has 0 bridgehead atoms. The van der Waals surface area contributed by atoms with Gasteiger partial charge in [0, 0.05) is 8.07 Å². The first-order chi connectivity index (χ1) is 8.21.